The predicted molar refractivity (Wildman–Crippen MR) is 88.3 cm³/mol. The van der Waals surface area contributed by atoms with Crippen molar-refractivity contribution in [3.63, 3.8) is 0 Å². The summed E-state index contributed by atoms with van der Waals surface area (Å²) in [5.74, 6) is -0.122. The summed E-state index contributed by atoms with van der Waals surface area (Å²) in [7, 11) is 0. The van der Waals surface area contributed by atoms with E-state index in [-0.39, 0.29) is 20.3 Å². The molecule has 3 rings (SSSR count). The second kappa shape index (κ2) is 6.01. The van der Waals surface area contributed by atoms with E-state index in [1.54, 1.807) is 6.07 Å². The molecule has 1 aromatic heterocycles. The zero-order chi connectivity index (χ0) is 14.8. The molecular weight excluding hydrogens is 326 g/mol. The number of benzene rings is 2. The van der Waals surface area contributed by atoms with E-state index in [2.05, 4.69) is 44.2 Å². The average molecular weight is 343 g/mol. The van der Waals surface area contributed by atoms with Crippen molar-refractivity contribution < 1.29 is 4.39 Å². The quantitative estimate of drug-likeness (QED) is 0.581. The molecule has 0 radical (unpaired) electrons. The number of hydrogen-bond donors (Lipinski definition) is 0. The van der Waals surface area contributed by atoms with Gasteiger partial charge in [-0.3, -0.25) is 0 Å². The van der Waals surface area contributed by atoms with Gasteiger partial charge in [-0.05, 0) is 0 Å². The molecule has 0 fully saturated rings. The number of rotatable bonds is 3. The minimum absolute atomic E-state index is 0.122. The van der Waals surface area contributed by atoms with Crippen LogP contribution in [0.3, 0.4) is 0 Å². The zero-order valence-electron chi connectivity index (χ0n) is 12.2. The van der Waals surface area contributed by atoms with Crippen molar-refractivity contribution in [2.75, 3.05) is 0 Å². The third-order valence-electron chi connectivity index (χ3n) is 3.67. The molecule has 2 heteroatoms. The van der Waals surface area contributed by atoms with Crippen molar-refractivity contribution in [2.24, 2.45) is 0 Å². The van der Waals surface area contributed by atoms with E-state index in [9.17, 15) is 4.39 Å². The summed E-state index contributed by atoms with van der Waals surface area (Å²) in [6.45, 7) is 4.24. The first-order valence-corrected chi connectivity index (χ1v) is 8.84. The van der Waals surface area contributed by atoms with Crippen LogP contribution in [-0.2, 0) is 6.42 Å². The molecule has 0 saturated carbocycles. The molecule has 1 heterocycles. The van der Waals surface area contributed by atoms with E-state index in [0.29, 0.717) is 0 Å². The molecule has 0 aliphatic rings. The molecule has 0 nitrogen and oxygen atoms in total. The molecular formula is C19H17FSe. The van der Waals surface area contributed by atoms with Crippen LogP contribution < -0.4 is 0 Å². The van der Waals surface area contributed by atoms with Gasteiger partial charge < -0.3 is 0 Å². The summed E-state index contributed by atoms with van der Waals surface area (Å²) in [6, 6.07) is 18.1. The third kappa shape index (κ3) is 3.02. The molecule has 0 aliphatic carbocycles. The van der Waals surface area contributed by atoms with Gasteiger partial charge in [-0.15, -0.1) is 0 Å². The average Bonchev–Trinajstić information content (AvgIpc) is 2.93. The monoisotopic (exact) mass is 344 g/mol. The van der Waals surface area contributed by atoms with Crippen LogP contribution in [0.2, 0.25) is 0 Å². The topological polar surface area (TPSA) is 0 Å². The minimum atomic E-state index is -0.122. The van der Waals surface area contributed by atoms with E-state index in [0.717, 1.165) is 27.5 Å². The predicted octanol–water partition coefficient (Wildman–Crippen LogP) is 5.09. The Morgan fingerprint density at radius 1 is 0.905 bits per heavy atom. The fraction of sp³-hybridized carbons (Fsp3) is 0.158. The second-order valence-corrected chi connectivity index (χ2v) is 7.86. The summed E-state index contributed by atoms with van der Waals surface area (Å²) in [4.78, 5) is 0. The normalized spacial score (nSPS) is 10.8. The summed E-state index contributed by atoms with van der Waals surface area (Å²) >= 11 is 0.269. The SMILES string of the molecule is CCc1ccc(-c2ccc(-c3ccc(C)[se]3)c(F)c2)cc1. The fourth-order valence-corrected chi connectivity index (χ4v) is 4.28. The van der Waals surface area contributed by atoms with E-state index < -0.39 is 0 Å². The molecule has 0 saturated heterocycles. The first kappa shape index (κ1) is 14.3. The van der Waals surface area contributed by atoms with Crippen molar-refractivity contribution in [3.05, 3.63) is 70.4 Å². The van der Waals surface area contributed by atoms with Crippen molar-refractivity contribution in [1.82, 2.24) is 0 Å². The van der Waals surface area contributed by atoms with Gasteiger partial charge in [0, 0.05) is 0 Å². The van der Waals surface area contributed by atoms with E-state index in [1.165, 1.54) is 10.0 Å². The molecule has 21 heavy (non-hydrogen) atoms. The maximum atomic E-state index is 14.4. The van der Waals surface area contributed by atoms with Crippen LogP contribution >= 0.6 is 0 Å². The van der Waals surface area contributed by atoms with Gasteiger partial charge in [-0.2, -0.15) is 0 Å². The van der Waals surface area contributed by atoms with Crippen LogP contribution in [0.4, 0.5) is 4.39 Å². The van der Waals surface area contributed by atoms with Gasteiger partial charge in [0.05, 0.1) is 0 Å². The third-order valence-corrected chi connectivity index (χ3v) is 5.84. The Morgan fingerprint density at radius 2 is 1.62 bits per heavy atom. The number of aryl methyl sites for hydroxylation is 2. The Kier molecular flexibility index (Phi) is 4.10. The Balaban J connectivity index is 1.96. The van der Waals surface area contributed by atoms with Crippen molar-refractivity contribution in [2.45, 2.75) is 20.3 Å². The molecule has 3 aromatic rings. The summed E-state index contributed by atoms with van der Waals surface area (Å²) in [5.41, 5.74) is 4.06. The van der Waals surface area contributed by atoms with Crippen molar-refractivity contribution >= 4 is 14.5 Å². The van der Waals surface area contributed by atoms with E-state index in [1.807, 2.05) is 18.2 Å². The van der Waals surface area contributed by atoms with Crippen LogP contribution in [0.15, 0.2) is 54.6 Å². The van der Waals surface area contributed by atoms with Gasteiger partial charge in [-0.25, -0.2) is 0 Å². The number of halogens is 1. The van der Waals surface area contributed by atoms with Crippen LogP contribution in [0.5, 0.6) is 0 Å². The van der Waals surface area contributed by atoms with Crippen molar-refractivity contribution in [3.8, 4) is 21.1 Å². The van der Waals surface area contributed by atoms with Gasteiger partial charge in [0.25, 0.3) is 0 Å². The Hall–Kier alpha value is -1.63. The van der Waals surface area contributed by atoms with Crippen molar-refractivity contribution in [1.29, 1.82) is 0 Å². The number of hydrogen-bond acceptors (Lipinski definition) is 0. The Morgan fingerprint density at radius 3 is 2.19 bits per heavy atom. The Bertz CT molecular complexity index is 753. The van der Waals surface area contributed by atoms with Crippen LogP contribution in [0.1, 0.15) is 16.9 Å². The molecule has 0 spiro atoms. The first-order valence-electron chi connectivity index (χ1n) is 7.13. The maximum absolute atomic E-state index is 14.4. The molecule has 2 aromatic carbocycles. The van der Waals surface area contributed by atoms with Crippen LogP contribution in [-0.4, -0.2) is 14.5 Å². The molecule has 0 bridgehead atoms. The Labute approximate surface area is 131 Å². The second-order valence-electron chi connectivity index (χ2n) is 5.16. The van der Waals surface area contributed by atoms with Gasteiger partial charge in [-0.1, -0.05) is 0 Å². The molecule has 106 valence electrons. The molecule has 0 amide bonds. The van der Waals surface area contributed by atoms with Gasteiger partial charge in [0.2, 0.25) is 0 Å². The van der Waals surface area contributed by atoms with Crippen LogP contribution in [0.25, 0.3) is 21.1 Å². The summed E-state index contributed by atoms with van der Waals surface area (Å²) < 4.78 is 16.9. The standard InChI is InChI=1S/C19H17FSe/c1-3-14-5-7-15(8-6-14)16-9-10-17(18(20)12-16)19-11-4-13(2)21-19/h4-12H,3H2,1-2H3. The van der Waals surface area contributed by atoms with Gasteiger partial charge >= 0.3 is 131 Å². The molecule has 0 unspecified atom stereocenters. The van der Waals surface area contributed by atoms with E-state index >= 15 is 0 Å². The first-order chi connectivity index (χ1) is 10.2. The summed E-state index contributed by atoms with van der Waals surface area (Å²) in [5, 5.41) is 0. The van der Waals surface area contributed by atoms with E-state index in [4.69, 9.17) is 0 Å². The fourth-order valence-electron chi connectivity index (χ4n) is 2.41. The van der Waals surface area contributed by atoms with Crippen LogP contribution in [0, 0.1) is 12.7 Å². The molecule has 0 aliphatic heterocycles. The molecule has 0 atom stereocenters. The molecule has 0 N–H and O–H groups in total. The zero-order valence-corrected chi connectivity index (χ0v) is 13.9. The van der Waals surface area contributed by atoms with Gasteiger partial charge in [0.1, 0.15) is 0 Å². The van der Waals surface area contributed by atoms with Gasteiger partial charge in [0.15, 0.2) is 0 Å². The summed E-state index contributed by atoms with van der Waals surface area (Å²) in [6.07, 6.45) is 1.02.